The first kappa shape index (κ1) is 11.8. The first-order valence-corrected chi connectivity index (χ1v) is 7.20. The second-order valence-corrected chi connectivity index (χ2v) is 5.53. The second-order valence-electron chi connectivity index (χ2n) is 4.16. The molecule has 90 valence electrons. The predicted molar refractivity (Wildman–Crippen MR) is 79.4 cm³/mol. The topological polar surface area (TPSA) is 12.4 Å². The van der Waals surface area contributed by atoms with Gasteiger partial charge in [0.15, 0.2) is 0 Å². The standard InChI is InChI=1S/C15H12ClNS/c16-14-8-4-3-7-13(14)15-17-9-11-5-1-2-6-12(11)10-18-15/h1-8H,9-10H2. The number of halogens is 1. The number of aliphatic imine (C=N–C) groups is 1. The smallest absolute Gasteiger partial charge is 0.0999 e. The fraction of sp³-hybridized carbons (Fsp3) is 0.133. The van der Waals surface area contributed by atoms with Gasteiger partial charge in [0, 0.05) is 11.3 Å². The van der Waals surface area contributed by atoms with Crippen LogP contribution in [0.1, 0.15) is 16.7 Å². The molecule has 0 N–H and O–H groups in total. The zero-order valence-corrected chi connectivity index (χ0v) is 11.3. The van der Waals surface area contributed by atoms with Crippen molar-refractivity contribution < 1.29 is 0 Å². The Labute approximate surface area is 116 Å². The van der Waals surface area contributed by atoms with E-state index in [9.17, 15) is 0 Å². The lowest BCUT2D eigenvalue weighted by molar-refractivity contribution is 1.05. The van der Waals surface area contributed by atoms with E-state index < -0.39 is 0 Å². The fourth-order valence-corrected chi connectivity index (χ4v) is 3.34. The molecule has 2 aromatic rings. The average Bonchev–Trinajstić information content (AvgIpc) is 2.62. The molecule has 2 aromatic carbocycles. The Kier molecular flexibility index (Phi) is 3.39. The van der Waals surface area contributed by atoms with E-state index in [1.807, 2.05) is 24.3 Å². The Balaban J connectivity index is 1.94. The molecule has 0 radical (unpaired) electrons. The first-order chi connectivity index (χ1) is 8.84. The zero-order valence-electron chi connectivity index (χ0n) is 9.77. The molecule has 3 rings (SSSR count). The monoisotopic (exact) mass is 273 g/mol. The van der Waals surface area contributed by atoms with Crippen molar-refractivity contribution in [1.29, 1.82) is 0 Å². The van der Waals surface area contributed by atoms with Crippen LogP contribution in [0.25, 0.3) is 0 Å². The van der Waals surface area contributed by atoms with Crippen molar-refractivity contribution >= 4 is 28.4 Å². The summed E-state index contributed by atoms with van der Waals surface area (Å²) < 4.78 is 0. The van der Waals surface area contributed by atoms with E-state index in [0.717, 1.165) is 27.9 Å². The van der Waals surface area contributed by atoms with Gasteiger partial charge in [-0.3, -0.25) is 4.99 Å². The average molecular weight is 274 g/mol. The second kappa shape index (κ2) is 5.17. The maximum absolute atomic E-state index is 6.23. The molecule has 0 aliphatic carbocycles. The van der Waals surface area contributed by atoms with E-state index in [0.29, 0.717) is 0 Å². The Morgan fingerprint density at radius 3 is 2.50 bits per heavy atom. The van der Waals surface area contributed by atoms with Crippen molar-refractivity contribution in [2.45, 2.75) is 12.3 Å². The van der Waals surface area contributed by atoms with Crippen molar-refractivity contribution in [3.63, 3.8) is 0 Å². The highest BCUT2D eigenvalue weighted by Crippen LogP contribution is 2.28. The number of rotatable bonds is 1. The van der Waals surface area contributed by atoms with Crippen LogP contribution in [0, 0.1) is 0 Å². The summed E-state index contributed by atoms with van der Waals surface area (Å²) in [5, 5.41) is 1.81. The highest BCUT2D eigenvalue weighted by atomic mass is 35.5. The van der Waals surface area contributed by atoms with Crippen LogP contribution in [-0.2, 0) is 12.3 Å². The summed E-state index contributed by atoms with van der Waals surface area (Å²) in [7, 11) is 0. The molecule has 0 spiro atoms. The number of nitrogens with zero attached hydrogens (tertiary/aromatic N) is 1. The third kappa shape index (κ3) is 2.31. The molecule has 0 saturated carbocycles. The summed E-state index contributed by atoms with van der Waals surface area (Å²) in [6.07, 6.45) is 0. The molecule has 0 atom stereocenters. The molecule has 0 saturated heterocycles. The van der Waals surface area contributed by atoms with Crippen LogP contribution >= 0.6 is 23.4 Å². The number of benzene rings is 2. The first-order valence-electron chi connectivity index (χ1n) is 5.83. The van der Waals surface area contributed by atoms with Crippen molar-refractivity contribution in [1.82, 2.24) is 0 Å². The molecule has 1 nitrogen and oxygen atoms in total. The Hall–Kier alpha value is -1.25. The Morgan fingerprint density at radius 1 is 0.944 bits per heavy atom. The summed E-state index contributed by atoms with van der Waals surface area (Å²) in [4.78, 5) is 4.69. The van der Waals surface area contributed by atoms with Gasteiger partial charge in [0.25, 0.3) is 0 Å². The van der Waals surface area contributed by atoms with Crippen LogP contribution in [0.2, 0.25) is 5.02 Å². The minimum atomic E-state index is 0.740. The largest absolute Gasteiger partial charge is 0.273 e. The molecule has 0 fully saturated rings. The lowest BCUT2D eigenvalue weighted by atomic mass is 10.1. The molecule has 0 bridgehead atoms. The molecule has 1 heterocycles. The van der Waals surface area contributed by atoms with E-state index in [2.05, 4.69) is 24.3 Å². The molecule has 0 aromatic heterocycles. The van der Waals surface area contributed by atoms with Gasteiger partial charge in [-0.25, -0.2) is 0 Å². The van der Waals surface area contributed by atoms with E-state index >= 15 is 0 Å². The minimum Gasteiger partial charge on any atom is -0.273 e. The van der Waals surface area contributed by atoms with Crippen LogP contribution in [0.4, 0.5) is 0 Å². The van der Waals surface area contributed by atoms with Crippen molar-refractivity contribution in [3.8, 4) is 0 Å². The zero-order chi connectivity index (χ0) is 12.4. The van der Waals surface area contributed by atoms with Gasteiger partial charge in [-0.05, 0) is 17.2 Å². The SMILES string of the molecule is Clc1ccccc1C1=NCc2ccccc2CS1. The summed E-state index contributed by atoms with van der Waals surface area (Å²) in [5.41, 5.74) is 3.72. The van der Waals surface area contributed by atoms with Gasteiger partial charge in [-0.1, -0.05) is 54.1 Å². The van der Waals surface area contributed by atoms with Gasteiger partial charge in [-0.2, -0.15) is 0 Å². The lowest BCUT2D eigenvalue weighted by Gasteiger charge is -2.05. The van der Waals surface area contributed by atoms with E-state index in [-0.39, 0.29) is 0 Å². The molecular weight excluding hydrogens is 262 g/mol. The number of hydrogen-bond acceptors (Lipinski definition) is 2. The normalized spacial score (nSPS) is 14.6. The molecule has 0 amide bonds. The summed E-state index contributed by atoms with van der Waals surface area (Å²) in [6.45, 7) is 0.740. The van der Waals surface area contributed by atoms with E-state index in [4.69, 9.17) is 16.6 Å². The van der Waals surface area contributed by atoms with Gasteiger partial charge < -0.3 is 0 Å². The Bertz CT molecular complexity index is 607. The van der Waals surface area contributed by atoms with E-state index in [1.54, 1.807) is 11.8 Å². The third-order valence-electron chi connectivity index (χ3n) is 2.98. The van der Waals surface area contributed by atoms with Gasteiger partial charge in [0.05, 0.1) is 16.6 Å². The van der Waals surface area contributed by atoms with Gasteiger partial charge in [-0.15, -0.1) is 11.8 Å². The van der Waals surface area contributed by atoms with Crippen LogP contribution in [0.5, 0.6) is 0 Å². The van der Waals surface area contributed by atoms with Gasteiger partial charge in [0.1, 0.15) is 0 Å². The predicted octanol–water partition coefficient (Wildman–Crippen LogP) is 4.53. The van der Waals surface area contributed by atoms with Crippen molar-refractivity contribution in [3.05, 3.63) is 70.2 Å². The molecule has 0 unspecified atom stereocenters. The van der Waals surface area contributed by atoms with Crippen LogP contribution in [-0.4, -0.2) is 5.04 Å². The Morgan fingerprint density at radius 2 is 1.67 bits per heavy atom. The minimum absolute atomic E-state index is 0.740. The van der Waals surface area contributed by atoms with Crippen LogP contribution < -0.4 is 0 Å². The molecule has 1 aliphatic heterocycles. The third-order valence-corrected chi connectivity index (χ3v) is 4.39. The van der Waals surface area contributed by atoms with Crippen LogP contribution in [0.15, 0.2) is 53.5 Å². The number of fused-ring (bicyclic) bond motifs is 1. The highest BCUT2D eigenvalue weighted by molar-refractivity contribution is 8.13. The van der Waals surface area contributed by atoms with Gasteiger partial charge >= 0.3 is 0 Å². The van der Waals surface area contributed by atoms with E-state index in [1.165, 1.54) is 11.1 Å². The van der Waals surface area contributed by atoms with Crippen molar-refractivity contribution in [2.24, 2.45) is 4.99 Å². The fourth-order valence-electron chi connectivity index (χ4n) is 2.00. The number of thioether (sulfide) groups is 1. The summed E-state index contributed by atoms with van der Waals surface area (Å²) in [6, 6.07) is 16.4. The maximum atomic E-state index is 6.23. The molecule has 1 aliphatic rings. The van der Waals surface area contributed by atoms with Gasteiger partial charge in [0.2, 0.25) is 0 Å². The van der Waals surface area contributed by atoms with Crippen LogP contribution in [0.3, 0.4) is 0 Å². The van der Waals surface area contributed by atoms with Crippen molar-refractivity contribution in [2.75, 3.05) is 0 Å². The highest BCUT2D eigenvalue weighted by Gasteiger charge is 2.13. The molecule has 3 heteroatoms. The summed E-state index contributed by atoms with van der Waals surface area (Å²) >= 11 is 7.99. The summed E-state index contributed by atoms with van der Waals surface area (Å²) in [5.74, 6) is 0.959. The molecule has 18 heavy (non-hydrogen) atoms. The molecular formula is C15H12ClNS. The lowest BCUT2D eigenvalue weighted by Crippen LogP contribution is -1.96. The quantitative estimate of drug-likeness (QED) is 0.743. The number of hydrogen-bond donors (Lipinski definition) is 0. The maximum Gasteiger partial charge on any atom is 0.0999 e.